The van der Waals surface area contributed by atoms with Gasteiger partial charge in [-0.15, -0.1) is 0 Å². The zero-order valence-electron chi connectivity index (χ0n) is 10.5. The van der Waals surface area contributed by atoms with Crippen LogP contribution in [0.5, 0.6) is 0 Å². The lowest BCUT2D eigenvalue weighted by Gasteiger charge is -2.37. The number of amides is 2. The summed E-state index contributed by atoms with van der Waals surface area (Å²) in [5.74, 6) is -0.916. The van der Waals surface area contributed by atoms with E-state index >= 15 is 0 Å². The summed E-state index contributed by atoms with van der Waals surface area (Å²) < 4.78 is 5.42. The molecule has 0 aliphatic carbocycles. The number of hydrogen-bond donors (Lipinski definition) is 2. The Morgan fingerprint density at radius 3 is 2.76 bits per heavy atom. The third kappa shape index (κ3) is 4.22. The first kappa shape index (κ1) is 13.8. The monoisotopic (exact) mass is 244 g/mol. The molecule has 0 saturated carbocycles. The first-order valence-corrected chi connectivity index (χ1v) is 5.80. The van der Waals surface area contributed by atoms with E-state index in [9.17, 15) is 9.59 Å². The predicted molar refractivity (Wildman–Crippen MR) is 61.8 cm³/mol. The number of carbonyl (C=O) groups is 2. The average Bonchev–Trinajstić information content (AvgIpc) is 2.20. The van der Waals surface area contributed by atoms with Crippen molar-refractivity contribution in [1.82, 2.24) is 10.2 Å². The highest BCUT2D eigenvalue weighted by Crippen LogP contribution is 2.11. The number of rotatable bonds is 3. The third-order valence-corrected chi connectivity index (χ3v) is 2.72. The molecule has 0 aromatic rings. The van der Waals surface area contributed by atoms with Gasteiger partial charge < -0.3 is 20.1 Å². The van der Waals surface area contributed by atoms with Gasteiger partial charge in [-0.05, 0) is 20.8 Å². The Balaban J connectivity index is 2.48. The lowest BCUT2D eigenvalue weighted by molar-refractivity contribution is -0.137. The number of carbonyl (C=O) groups excluding carboxylic acids is 1. The molecule has 6 nitrogen and oxygen atoms in total. The van der Waals surface area contributed by atoms with Crippen molar-refractivity contribution >= 4 is 12.0 Å². The number of ether oxygens (including phenoxy) is 1. The van der Waals surface area contributed by atoms with Crippen LogP contribution in [-0.2, 0) is 9.53 Å². The number of nitrogens with zero attached hydrogens (tertiary/aromatic N) is 1. The molecule has 0 aromatic carbocycles. The highest BCUT2D eigenvalue weighted by atomic mass is 16.5. The van der Waals surface area contributed by atoms with Gasteiger partial charge in [0, 0.05) is 12.6 Å². The summed E-state index contributed by atoms with van der Waals surface area (Å²) >= 11 is 0. The van der Waals surface area contributed by atoms with E-state index in [1.54, 1.807) is 11.8 Å². The zero-order valence-corrected chi connectivity index (χ0v) is 10.5. The van der Waals surface area contributed by atoms with Gasteiger partial charge in [-0.1, -0.05) is 0 Å². The SMILES string of the molecule is CC(CC(=O)O)NC(=O)N1CC(C)OCC1C. The summed E-state index contributed by atoms with van der Waals surface area (Å²) in [7, 11) is 0. The van der Waals surface area contributed by atoms with E-state index < -0.39 is 5.97 Å². The fourth-order valence-electron chi connectivity index (χ4n) is 1.79. The van der Waals surface area contributed by atoms with Crippen LogP contribution in [-0.4, -0.2) is 53.3 Å². The van der Waals surface area contributed by atoms with Crippen molar-refractivity contribution in [2.24, 2.45) is 0 Å². The molecule has 1 fully saturated rings. The van der Waals surface area contributed by atoms with Crippen LogP contribution in [0.25, 0.3) is 0 Å². The second kappa shape index (κ2) is 5.86. The van der Waals surface area contributed by atoms with Crippen molar-refractivity contribution in [3.05, 3.63) is 0 Å². The van der Waals surface area contributed by atoms with Gasteiger partial charge in [0.05, 0.1) is 25.2 Å². The Hall–Kier alpha value is -1.30. The van der Waals surface area contributed by atoms with E-state index in [2.05, 4.69) is 5.32 Å². The summed E-state index contributed by atoms with van der Waals surface area (Å²) in [4.78, 5) is 24.1. The second-order valence-electron chi connectivity index (χ2n) is 4.59. The van der Waals surface area contributed by atoms with Gasteiger partial charge in [0.1, 0.15) is 0 Å². The molecule has 1 rings (SSSR count). The average molecular weight is 244 g/mol. The molecule has 98 valence electrons. The molecule has 1 aliphatic rings. The maximum Gasteiger partial charge on any atom is 0.318 e. The Morgan fingerprint density at radius 2 is 2.18 bits per heavy atom. The number of urea groups is 1. The van der Waals surface area contributed by atoms with Gasteiger partial charge in [0.25, 0.3) is 0 Å². The zero-order chi connectivity index (χ0) is 13.0. The quantitative estimate of drug-likeness (QED) is 0.764. The lowest BCUT2D eigenvalue weighted by Crippen LogP contribution is -2.55. The Morgan fingerprint density at radius 1 is 1.53 bits per heavy atom. The minimum absolute atomic E-state index is 0.0169. The molecule has 2 N–H and O–H groups in total. The molecule has 0 spiro atoms. The topological polar surface area (TPSA) is 78.9 Å². The fourth-order valence-corrected chi connectivity index (χ4v) is 1.79. The summed E-state index contributed by atoms with van der Waals surface area (Å²) in [6.45, 7) is 6.55. The van der Waals surface area contributed by atoms with Crippen LogP contribution in [0.3, 0.4) is 0 Å². The van der Waals surface area contributed by atoms with Crippen molar-refractivity contribution in [2.45, 2.75) is 45.4 Å². The first-order chi connectivity index (χ1) is 7.90. The Kier molecular flexibility index (Phi) is 4.74. The largest absolute Gasteiger partial charge is 0.481 e. The van der Waals surface area contributed by atoms with Gasteiger partial charge in [0.2, 0.25) is 0 Å². The third-order valence-electron chi connectivity index (χ3n) is 2.72. The van der Waals surface area contributed by atoms with Crippen LogP contribution in [0.4, 0.5) is 4.79 Å². The summed E-state index contributed by atoms with van der Waals surface area (Å²) in [6, 6.07) is -0.574. The van der Waals surface area contributed by atoms with Crippen molar-refractivity contribution in [3.8, 4) is 0 Å². The Bertz CT molecular complexity index is 295. The van der Waals surface area contributed by atoms with E-state index in [1.807, 2.05) is 13.8 Å². The fraction of sp³-hybridized carbons (Fsp3) is 0.818. The van der Waals surface area contributed by atoms with E-state index in [-0.39, 0.29) is 30.6 Å². The molecule has 0 radical (unpaired) electrons. The molecular formula is C11H20N2O4. The number of nitrogens with one attached hydrogen (secondary N) is 1. The van der Waals surface area contributed by atoms with E-state index in [1.165, 1.54) is 0 Å². The molecule has 1 aliphatic heterocycles. The van der Waals surface area contributed by atoms with E-state index in [0.717, 1.165) is 0 Å². The number of hydrogen-bond acceptors (Lipinski definition) is 3. The van der Waals surface area contributed by atoms with Crippen LogP contribution >= 0.6 is 0 Å². The van der Waals surface area contributed by atoms with E-state index in [4.69, 9.17) is 9.84 Å². The first-order valence-electron chi connectivity index (χ1n) is 5.80. The van der Waals surface area contributed by atoms with Gasteiger partial charge >= 0.3 is 12.0 Å². The molecule has 0 bridgehead atoms. The van der Waals surface area contributed by atoms with Gasteiger partial charge in [0.15, 0.2) is 0 Å². The minimum atomic E-state index is -0.916. The highest BCUT2D eigenvalue weighted by molar-refractivity contribution is 5.76. The van der Waals surface area contributed by atoms with Crippen molar-refractivity contribution < 1.29 is 19.4 Å². The van der Waals surface area contributed by atoms with Crippen LogP contribution in [0.15, 0.2) is 0 Å². The Labute approximate surface area is 101 Å². The normalized spacial score (nSPS) is 26.4. The van der Waals surface area contributed by atoms with Crippen molar-refractivity contribution in [2.75, 3.05) is 13.2 Å². The summed E-state index contributed by atoms with van der Waals surface area (Å²) in [5, 5.41) is 11.3. The standard InChI is InChI=1S/C11H20N2O4/c1-7(4-10(14)15)12-11(16)13-5-9(3)17-6-8(13)2/h7-9H,4-6H2,1-3H3,(H,12,16)(H,14,15). The molecule has 3 unspecified atom stereocenters. The van der Waals surface area contributed by atoms with Gasteiger partial charge in [-0.3, -0.25) is 4.79 Å². The number of carboxylic acid groups (broad SMARTS) is 1. The predicted octanol–water partition coefficient (Wildman–Crippen LogP) is 0.668. The second-order valence-corrected chi connectivity index (χ2v) is 4.59. The number of carboxylic acids is 1. The molecule has 6 heteroatoms. The maximum atomic E-state index is 11.9. The van der Waals surface area contributed by atoms with Crippen LogP contribution in [0, 0.1) is 0 Å². The van der Waals surface area contributed by atoms with Crippen LogP contribution in [0.2, 0.25) is 0 Å². The number of morpholine rings is 1. The molecule has 2 amide bonds. The van der Waals surface area contributed by atoms with Gasteiger partial charge in [-0.2, -0.15) is 0 Å². The van der Waals surface area contributed by atoms with Gasteiger partial charge in [-0.25, -0.2) is 4.79 Å². The molecule has 1 heterocycles. The minimum Gasteiger partial charge on any atom is -0.481 e. The molecular weight excluding hydrogens is 224 g/mol. The summed E-state index contributed by atoms with van der Waals surface area (Å²) in [5.41, 5.74) is 0. The molecule has 0 aromatic heterocycles. The highest BCUT2D eigenvalue weighted by Gasteiger charge is 2.28. The lowest BCUT2D eigenvalue weighted by atomic mass is 10.2. The number of aliphatic carboxylic acids is 1. The van der Waals surface area contributed by atoms with Crippen LogP contribution in [0.1, 0.15) is 27.2 Å². The maximum absolute atomic E-state index is 11.9. The molecule has 17 heavy (non-hydrogen) atoms. The molecule has 1 saturated heterocycles. The molecule has 3 atom stereocenters. The van der Waals surface area contributed by atoms with Crippen molar-refractivity contribution in [3.63, 3.8) is 0 Å². The summed E-state index contributed by atoms with van der Waals surface area (Å²) in [6.07, 6.45) is -0.0493. The smallest absolute Gasteiger partial charge is 0.318 e. The van der Waals surface area contributed by atoms with Crippen molar-refractivity contribution in [1.29, 1.82) is 0 Å². The van der Waals surface area contributed by atoms with E-state index in [0.29, 0.717) is 13.2 Å². The van der Waals surface area contributed by atoms with Crippen LogP contribution < -0.4 is 5.32 Å².